The van der Waals surface area contributed by atoms with Gasteiger partial charge in [-0.05, 0) is 23.6 Å². The molecule has 1 atom stereocenters. The molecule has 1 aromatic carbocycles. The maximum absolute atomic E-state index is 13.7. The number of halogens is 2. The molecule has 0 saturated carbocycles. The highest BCUT2D eigenvalue weighted by Gasteiger charge is 2.27. The number of hydrogen-bond acceptors (Lipinski definition) is 4. The van der Waals surface area contributed by atoms with Crippen LogP contribution in [0.15, 0.2) is 35.7 Å². The summed E-state index contributed by atoms with van der Waals surface area (Å²) in [4.78, 5) is 16.7. The van der Waals surface area contributed by atoms with Gasteiger partial charge in [0.2, 0.25) is 0 Å². The number of aliphatic hydroxyl groups excluding tert-OH is 1. The number of thiophene rings is 1. The Morgan fingerprint density at radius 1 is 1.12 bits per heavy atom. The Morgan fingerprint density at radius 3 is 2.38 bits per heavy atom. The molecule has 128 valence electrons. The molecule has 1 aliphatic rings. The molecule has 1 aliphatic heterocycles. The van der Waals surface area contributed by atoms with E-state index in [0.29, 0.717) is 32.7 Å². The lowest BCUT2D eigenvalue weighted by Gasteiger charge is -2.35. The normalized spacial score (nSPS) is 17.0. The first-order chi connectivity index (χ1) is 11.6. The molecule has 0 radical (unpaired) electrons. The largest absolute Gasteiger partial charge is 0.386 e. The maximum atomic E-state index is 13.7. The van der Waals surface area contributed by atoms with E-state index in [4.69, 9.17) is 0 Å². The molecular weight excluding hydrogens is 334 g/mol. The zero-order valence-electron chi connectivity index (χ0n) is 13.0. The van der Waals surface area contributed by atoms with Gasteiger partial charge < -0.3 is 10.0 Å². The molecule has 2 heterocycles. The van der Waals surface area contributed by atoms with Gasteiger partial charge in [-0.25, -0.2) is 8.78 Å². The zero-order chi connectivity index (χ0) is 17.1. The monoisotopic (exact) mass is 352 g/mol. The molecule has 2 aromatic rings. The van der Waals surface area contributed by atoms with Gasteiger partial charge in [-0.2, -0.15) is 0 Å². The standard InChI is InChI=1S/C17H18F2N2O2S/c18-12-3-1-4-13(19)16(12)17(23)21-8-6-20(7-9-21)11-14(22)15-5-2-10-24-15/h1-5,10,14,22H,6-9,11H2/t14-/m1/s1. The van der Waals surface area contributed by atoms with Crippen LogP contribution in [0, 0.1) is 11.6 Å². The predicted molar refractivity (Wildman–Crippen MR) is 88.0 cm³/mol. The number of benzene rings is 1. The molecule has 24 heavy (non-hydrogen) atoms. The summed E-state index contributed by atoms with van der Waals surface area (Å²) in [6.07, 6.45) is -0.559. The molecule has 1 N–H and O–H groups in total. The minimum Gasteiger partial charge on any atom is -0.386 e. The Balaban J connectivity index is 1.58. The minimum atomic E-state index is -0.837. The second-order valence-electron chi connectivity index (χ2n) is 5.72. The van der Waals surface area contributed by atoms with E-state index in [9.17, 15) is 18.7 Å². The first-order valence-electron chi connectivity index (χ1n) is 7.73. The number of carbonyl (C=O) groups is 1. The summed E-state index contributed by atoms with van der Waals surface area (Å²) >= 11 is 1.50. The fourth-order valence-corrected chi connectivity index (χ4v) is 3.51. The van der Waals surface area contributed by atoms with Crippen molar-refractivity contribution in [2.45, 2.75) is 6.10 Å². The van der Waals surface area contributed by atoms with Crippen molar-refractivity contribution in [2.75, 3.05) is 32.7 Å². The molecule has 0 unspecified atom stereocenters. The van der Waals surface area contributed by atoms with Crippen molar-refractivity contribution in [3.8, 4) is 0 Å². The van der Waals surface area contributed by atoms with Crippen molar-refractivity contribution in [3.05, 3.63) is 57.8 Å². The third-order valence-corrected chi connectivity index (χ3v) is 5.11. The van der Waals surface area contributed by atoms with E-state index in [1.807, 2.05) is 22.4 Å². The van der Waals surface area contributed by atoms with Crippen LogP contribution >= 0.6 is 11.3 Å². The molecule has 0 spiro atoms. The van der Waals surface area contributed by atoms with Crippen molar-refractivity contribution < 1.29 is 18.7 Å². The molecule has 0 bridgehead atoms. The summed E-state index contributed by atoms with van der Waals surface area (Å²) in [5.74, 6) is -2.30. The van der Waals surface area contributed by atoms with Gasteiger partial charge in [-0.15, -0.1) is 11.3 Å². The molecule has 1 fully saturated rings. The van der Waals surface area contributed by atoms with Crippen LogP contribution in [-0.4, -0.2) is 53.5 Å². The van der Waals surface area contributed by atoms with Crippen LogP contribution in [0.5, 0.6) is 0 Å². The second kappa shape index (κ2) is 7.38. The molecule has 3 rings (SSSR count). The summed E-state index contributed by atoms with van der Waals surface area (Å²) in [6, 6.07) is 7.19. The van der Waals surface area contributed by atoms with Crippen LogP contribution in [0.4, 0.5) is 8.78 Å². The Morgan fingerprint density at radius 2 is 1.79 bits per heavy atom. The van der Waals surface area contributed by atoms with E-state index in [2.05, 4.69) is 0 Å². The summed E-state index contributed by atoms with van der Waals surface area (Å²) in [6.45, 7) is 2.36. The fraction of sp³-hybridized carbons (Fsp3) is 0.353. The topological polar surface area (TPSA) is 43.8 Å². The van der Waals surface area contributed by atoms with Gasteiger partial charge in [0, 0.05) is 37.6 Å². The number of piperazine rings is 1. The molecule has 0 aliphatic carbocycles. The van der Waals surface area contributed by atoms with Crippen LogP contribution in [0.3, 0.4) is 0 Å². The summed E-state index contributed by atoms with van der Waals surface area (Å²) in [5, 5.41) is 12.1. The highest BCUT2D eigenvalue weighted by atomic mass is 32.1. The lowest BCUT2D eigenvalue weighted by atomic mass is 10.1. The van der Waals surface area contributed by atoms with Crippen LogP contribution in [0.1, 0.15) is 21.3 Å². The van der Waals surface area contributed by atoms with Gasteiger partial charge in [0.15, 0.2) is 0 Å². The van der Waals surface area contributed by atoms with Crippen molar-refractivity contribution >= 4 is 17.2 Å². The van der Waals surface area contributed by atoms with E-state index in [1.165, 1.54) is 22.3 Å². The number of rotatable bonds is 4. The quantitative estimate of drug-likeness (QED) is 0.920. The summed E-state index contributed by atoms with van der Waals surface area (Å²) < 4.78 is 27.5. The first-order valence-corrected chi connectivity index (χ1v) is 8.61. The molecule has 1 saturated heterocycles. The van der Waals surface area contributed by atoms with E-state index in [-0.39, 0.29) is 0 Å². The van der Waals surface area contributed by atoms with Crippen molar-refractivity contribution in [3.63, 3.8) is 0 Å². The molecular formula is C17H18F2N2O2S. The first kappa shape index (κ1) is 17.0. The lowest BCUT2D eigenvalue weighted by molar-refractivity contribution is 0.0525. The van der Waals surface area contributed by atoms with Gasteiger partial charge in [-0.1, -0.05) is 12.1 Å². The molecule has 1 amide bonds. The Bertz CT molecular complexity index is 680. The number of carbonyl (C=O) groups excluding carboxylic acids is 1. The minimum absolute atomic E-state index is 0.379. The molecule has 7 heteroatoms. The van der Waals surface area contributed by atoms with Gasteiger partial charge in [0.1, 0.15) is 23.3 Å². The van der Waals surface area contributed by atoms with E-state index < -0.39 is 29.2 Å². The van der Waals surface area contributed by atoms with E-state index >= 15 is 0 Å². The fourth-order valence-electron chi connectivity index (χ4n) is 2.81. The Hall–Kier alpha value is -1.83. The zero-order valence-corrected chi connectivity index (χ0v) is 13.8. The van der Waals surface area contributed by atoms with Crippen LogP contribution in [0.25, 0.3) is 0 Å². The number of β-amino-alcohol motifs (C(OH)–C–C–N with tert-alkyl or cyclic N) is 1. The average Bonchev–Trinajstić information content (AvgIpc) is 3.10. The van der Waals surface area contributed by atoms with E-state index in [0.717, 1.165) is 17.0 Å². The number of amides is 1. The summed E-state index contributed by atoms with van der Waals surface area (Å²) in [5.41, 5.74) is -0.496. The Labute approximate surface area is 142 Å². The Kier molecular flexibility index (Phi) is 5.23. The second-order valence-corrected chi connectivity index (χ2v) is 6.70. The summed E-state index contributed by atoms with van der Waals surface area (Å²) in [7, 11) is 0. The SMILES string of the molecule is O=C(c1c(F)cccc1F)N1CCN(C[C@@H](O)c2cccs2)CC1. The van der Waals surface area contributed by atoms with Crippen molar-refractivity contribution in [2.24, 2.45) is 0 Å². The van der Waals surface area contributed by atoms with Crippen LogP contribution in [-0.2, 0) is 0 Å². The van der Waals surface area contributed by atoms with Gasteiger partial charge in [-0.3, -0.25) is 9.69 Å². The third kappa shape index (κ3) is 3.63. The highest BCUT2D eigenvalue weighted by molar-refractivity contribution is 7.10. The van der Waals surface area contributed by atoms with Gasteiger partial charge >= 0.3 is 0 Å². The van der Waals surface area contributed by atoms with Crippen molar-refractivity contribution in [1.29, 1.82) is 0 Å². The van der Waals surface area contributed by atoms with Crippen molar-refractivity contribution in [1.82, 2.24) is 9.80 Å². The third-order valence-electron chi connectivity index (χ3n) is 4.14. The predicted octanol–water partition coefficient (Wildman–Crippen LogP) is 2.52. The van der Waals surface area contributed by atoms with Crippen LogP contribution < -0.4 is 0 Å². The van der Waals surface area contributed by atoms with Gasteiger partial charge in [0.25, 0.3) is 5.91 Å². The van der Waals surface area contributed by atoms with Gasteiger partial charge in [0.05, 0.1) is 0 Å². The number of aliphatic hydroxyl groups is 1. The highest BCUT2D eigenvalue weighted by Crippen LogP contribution is 2.21. The average molecular weight is 352 g/mol. The smallest absolute Gasteiger partial charge is 0.259 e. The number of nitrogens with zero attached hydrogens (tertiary/aromatic N) is 2. The van der Waals surface area contributed by atoms with Crippen LogP contribution in [0.2, 0.25) is 0 Å². The lowest BCUT2D eigenvalue weighted by Crippen LogP contribution is -2.49. The maximum Gasteiger partial charge on any atom is 0.259 e. The van der Waals surface area contributed by atoms with E-state index in [1.54, 1.807) is 0 Å². The molecule has 1 aromatic heterocycles. The molecule has 4 nitrogen and oxygen atoms in total. The number of hydrogen-bond donors (Lipinski definition) is 1.